The maximum atomic E-state index is 12.5. The Kier molecular flexibility index (Phi) is 5.01. The quantitative estimate of drug-likeness (QED) is 0.501. The van der Waals surface area contributed by atoms with Gasteiger partial charge in [0.2, 0.25) is 5.65 Å². The smallest absolute Gasteiger partial charge is 0.258 e. The van der Waals surface area contributed by atoms with Crippen LogP contribution in [0.3, 0.4) is 0 Å². The number of amides is 1. The van der Waals surface area contributed by atoms with Gasteiger partial charge in [0.05, 0.1) is 19.0 Å². The second kappa shape index (κ2) is 7.91. The van der Waals surface area contributed by atoms with Gasteiger partial charge in [0.1, 0.15) is 0 Å². The van der Waals surface area contributed by atoms with Gasteiger partial charge in [-0.1, -0.05) is 12.1 Å². The van der Waals surface area contributed by atoms with Gasteiger partial charge in [0, 0.05) is 49.0 Å². The summed E-state index contributed by atoms with van der Waals surface area (Å²) in [6.07, 6.45) is 9.70. The van der Waals surface area contributed by atoms with Crippen LogP contribution in [0.25, 0.3) is 16.9 Å². The minimum Gasteiger partial charge on any atom is -0.478 e. The van der Waals surface area contributed by atoms with Gasteiger partial charge in [-0.25, -0.2) is 9.97 Å². The van der Waals surface area contributed by atoms with Gasteiger partial charge in [-0.2, -0.15) is 5.10 Å². The van der Waals surface area contributed by atoms with Crippen LogP contribution < -0.4 is 10.1 Å². The number of ether oxygens (including phenoxy) is 1. The van der Waals surface area contributed by atoms with E-state index < -0.39 is 0 Å². The number of benzene rings is 1. The minimum absolute atomic E-state index is 0.101. The van der Waals surface area contributed by atoms with Crippen molar-refractivity contribution in [2.24, 2.45) is 0 Å². The van der Waals surface area contributed by atoms with E-state index in [0.717, 1.165) is 24.2 Å². The first-order valence-corrected chi connectivity index (χ1v) is 8.98. The molecule has 0 atom stereocenters. The predicted octanol–water partition coefficient (Wildman–Crippen LogP) is 2.42. The van der Waals surface area contributed by atoms with Crippen LogP contribution in [0.15, 0.2) is 61.3 Å². The van der Waals surface area contributed by atoms with Crippen molar-refractivity contribution >= 4 is 11.6 Å². The van der Waals surface area contributed by atoms with Gasteiger partial charge < -0.3 is 10.1 Å². The maximum absolute atomic E-state index is 12.5. The molecule has 3 heterocycles. The largest absolute Gasteiger partial charge is 0.478 e. The zero-order valence-electron chi connectivity index (χ0n) is 15.4. The van der Waals surface area contributed by atoms with Crippen molar-refractivity contribution in [3.8, 4) is 17.1 Å². The molecule has 1 amide bonds. The van der Waals surface area contributed by atoms with Gasteiger partial charge in [-0.05, 0) is 24.6 Å². The molecule has 0 aliphatic heterocycles. The van der Waals surface area contributed by atoms with Crippen LogP contribution in [-0.2, 0) is 6.54 Å². The van der Waals surface area contributed by atoms with Crippen LogP contribution in [0.2, 0.25) is 0 Å². The monoisotopic (exact) mass is 376 g/mol. The molecule has 0 aliphatic rings. The lowest BCUT2D eigenvalue weighted by Crippen LogP contribution is -2.25. The molecule has 0 saturated heterocycles. The van der Waals surface area contributed by atoms with E-state index in [-0.39, 0.29) is 5.91 Å². The summed E-state index contributed by atoms with van der Waals surface area (Å²) in [6.45, 7) is 1.35. The van der Waals surface area contributed by atoms with E-state index >= 15 is 0 Å². The molecule has 0 unspecified atom stereocenters. The van der Waals surface area contributed by atoms with Crippen molar-refractivity contribution < 1.29 is 9.53 Å². The number of nitrogens with zero attached hydrogens (tertiary/aromatic N) is 5. The number of imidazole rings is 1. The van der Waals surface area contributed by atoms with Crippen molar-refractivity contribution in [2.75, 3.05) is 13.7 Å². The lowest BCUT2D eigenvalue weighted by atomic mass is 10.1. The summed E-state index contributed by atoms with van der Waals surface area (Å²) in [4.78, 5) is 21.1. The highest BCUT2D eigenvalue weighted by molar-refractivity contribution is 5.95. The van der Waals surface area contributed by atoms with E-state index in [2.05, 4.69) is 20.4 Å². The first-order valence-electron chi connectivity index (χ1n) is 8.98. The van der Waals surface area contributed by atoms with Gasteiger partial charge in [-0.15, -0.1) is 0 Å². The molecule has 1 aromatic carbocycles. The summed E-state index contributed by atoms with van der Waals surface area (Å²) < 4.78 is 9.00. The number of aryl methyl sites for hydroxylation is 1. The molecule has 0 bridgehead atoms. The van der Waals surface area contributed by atoms with Crippen molar-refractivity contribution in [3.05, 3.63) is 66.9 Å². The first-order chi connectivity index (χ1) is 13.8. The molecule has 4 aromatic rings. The summed E-state index contributed by atoms with van der Waals surface area (Å²) >= 11 is 0. The molecule has 0 radical (unpaired) electrons. The molecule has 0 spiro atoms. The second-order valence-corrected chi connectivity index (χ2v) is 6.23. The third-order valence-corrected chi connectivity index (χ3v) is 4.42. The van der Waals surface area contributed by atoms with Crippen molar-refractivity contribution in [3.63, 3.8) is 0 Å². The first kappa shape index (κ1) is 17.7. The van der Waals surface area contributed by atoms with Gasteiger partial charge in [0.25, 0.3) is 11.8 Å². The molecule has 0 aliphatic carbocycles. The number of aromatic nitrogens is 5. The van der Waals surface area contributed by atoms with Crippen LogP contribution in [0, 0.1) is 0 Å². The SMILES string of the molecule is COc1nccn2c(-c3cccc(C(=O)NCCCn4cccn4)c3)cnc12. The van der Waals surface area contributed by atoms with Crippen molar-refractivity contribution in [1.82, 2.24) is 29.5 Å². The summed E-state index contributed by atoms with van der Waals surface area (Å²) in [6, 6.07) is 9.36. The van der Waals surface area contributed by atoms with E-state index in [9.17, 15) is 4.79 Å². The number of hydrogen-bond donors (Lipinski definition) is 1. The molecule has 3 aromatic heterocycles. The fraction of sp³-hybridized carbons (Fsp3) is 0.200. The normalized spacial score (nSPS) is 10.9. The van der Waals surface area contributed by atoms with Crippen molar-refractivity contribution in [1.29, 1.82) is 0 Å². The Morgan fingerprint density at radius 2 is 2.11 bits per heavy atom. The van der Waals surface area contributed by atoms with E-state index in [4.69, 9.17) is 4.74 Å². The topological polar surface area (TPSA) is 86.3 Å². The minimum atomic E-state index is -0.101. The van der Waals surface area contributed by atoms with Gasteiger partial charge in [0.15, 0.2) is 0 Å². The van der Waals surface area contributed by atoms with E-state index in [1.165, 1.54) is 0 Å². The third kappa shape index (κ3) is 3.57. The van der Waals surface area contributed by atoms with E-state index in [1.807, 2.05) is 45.7 Å². The molecule has 8 heteroatoms. The van der Waals surface area contributed by atoms with Crippen LogP contribution in [0.4, 0.5) is 0 Å². The van der Waals surface area contributed by atoms with E-state index in [1.54, 1.807) is 31.8 Å². The van der Waals surface area contributed by atoms with Crippen molar-refractivity contribution in [2.45, 2.75) is 13.0 Å². The highest BCUT2D eigenvalue weighted by atomic mass is 16.5. The summed E-state index contributed by atoms with van der Waals surface area (Å²) in [5.41, 5.74) is 3.00. The Morgan fingerprint density at radius 3 is 2.93 bits per heavy atom. The highest BCUT2D eigenvalue weighted by Gasteiger charge is 2.12. The number of fused-ring (bicyclic) bond motifs is 1. The molecule has 142 valence electrons. The molecule has 0 fully saturated rings. The van der Waals surface area contributed by atoms with Gasteiger partial charge in [-0.3, -0.25) is 13.9 Å². The average Bonchev–Trinajstić information content (AvgIpc) is 3.40. The van der Waals surface area contributed by atoms with E-state index in [0.29, 0.717) is 23.6 Å². The molecule has 28 heavy (non-hydrogen) atoms. The Labute approximate surface area is 161 Å². The number of hydrogen-bond acceptors (Lipinski definition) is 5. The molecule has 8 nitrogen and oxygen atoms in total. The standard InChI is InChI=1S/C20H20N6O2/c1-28-20-18-23-14-17(26(18)12-9-22-20)15-5-2-6-16(13-15)19(27)21-7-3-10-25-11-4-8-24-25/h2,4-6,8-9,11-14H,3,7,10H2,1H3,(H,21,27). The molecule has 0 saturated carbocycles. The average molecular weight is 376 g/mol. The Balaban J connectivity index is 1.48. The van der Waals surface area contributed by atoms with Crippen LogP contribution >= 0.6 is 0 Å². The molecular formula is C20H20N6O2. The maximum Gasteiger partial charge on any atom is 0.258 e. The molecule has 1 N–H and O–H groups in total. The Hall–Kier alpha value is -3.68. The fourth-order valence-electron chi connectivity index (χ4n) is 3.05. The lowest BCUT2D eigenvalue weighted by Gasteiger charge is -2.08. The second-order valence-electron chi connectivity index (χ2n) is 6.23. The van der Waals surface area contributed by atoms with Gasteiger partial charge >= 0.3 is 0 Å². The number of rotatable bonds is 7. The van der Waals surface area contributed by atoms with Crippen LogP contribution in [-0.4, -0.2) is 43.7 Å². The zero-order valence-corrected chi connectivity index (χ0v) is 15.4. The third-order valence-electron chi connectivity index (χ3n) is 4.42. The number of nitrogens with one attached hydrogen (secondary N) is 1. The molecule has 4 rings (SSSR count). The summed E-state index contributed by atoms with van der Waals surface area (Å²) in [7, 11) is 1.56. The summed E-state index contributed by atoms with van der Waals surface area (Å²) in [5, 5.41) is 7.11. The number of carbonyl (C=O) groups is 1. The highest BCUT2D eigenvalue weighted by Crippen LogP contribution is 2.24. The molecular weight excluding hydrogens is 356 g/mol. The lowest BCUT2D eigenvalue weighted by molar-refractivity contribution is 0.0952. The summed E-state index contributed by atoms with van der Waals surface area (Å²) in [5.74, 6) is 0.357. The number of carbonyl (C=O) groups excluding carboxylic acids is 1. The zero-order chi connectivity index (χ0) is 19.3. The fourth-order valence-corrected chi connectivity index (χ4v) is 3.05. The van der Waals surface area contributed by atoms with Crippen LogP contribution in [0.1, 0.15) is 16.8 Å². The Bertz CT molecular complexity index is 1090. The van der Waals surface area contributed by atoms with Crippen LogP contribution in [0.5, 0.6) is 5.88 Å². The predicted molar refractivity (Wildman–Crippen MR) is 104 cm³/mol. The number of methoxy groups -OCH3 is 1. The Morgan fingerprint density at radius 1 is 1.18 bits per heavy atom.